The van der Waals surface area contributed by atoms with Crippen LogP contribution in [0.2, 0.25) is 0 Å². The zero-order valence-corrected chi connectivity index (χ0v) is 14.5. The first kappa shape index (κ1) is 14.2. The van der Waals surface area contributed by atoms with Crippen LogP contribution in [0.15, 0.2) is 41.0 Å². The minimum absolute atomic E-state index is 0.102. The van der Waals surface area contributed by atoms with Gasteiger partial charge in [-0.3, -0.25) is 9.78 Å². The zero-order chi connectivity index (χ0) is 14.1. The number of carbonyl (C=O) groups excluding carboxylic acids is 1. The van der Waals surface area contributed by atoms with Gasteiger partial charge in [0.2, 0.25) is 0 Å². The molecule has 3 rings (SSSR count). The molecule has 0 spiro atoms. The maximum atomic E-state index is 12.9. The van der Waals surface area contributed by atoms with E-state index in [2.05, 4.69) is 49.6 Å². The molecule has 1 unspecified atom stereocenters. The van der Waals surface area contributed by atoms with Crippen molar-refractivity contribution in [2.45, 2.75) is 25.2 Å². The molecule has 1 atom stereocenters. The van der Waals surface area contributed by atoms with Gasteiger partial charge in [0.25, 0.3) is 0 Å². The number of rotatable bonds is 2. The van der Waals surface area contributed by atoms with E-state index >= 15 is 0 Å². The number of pyridine rings is 1. The molecule has 0 radical (unpaired) electrons. The highest BCUT2D eigenvalue weighted by Crippen LogP contribution is 2.34. The second-order valence-corrected chi connectivity index (χ2v) is 7.08. The van der Waals surface area contributed by atoms with Crippen LogP contribution in [0.5, 0.6) is 0 Å². The molecule has 0 saturated carbocycles. The number of Topliss-reactive ketones (excluding diaryl/α,β-unsaturated/α-hetero) is 1. The fraction of sp³-hybridized carbons (Fsp3) is 0.250. The minimum atomic E-state index is -0.102. The highest BCUT2D eigenvalue weighted by molar-refractivity contribution is 14.1. The van der Waals surface area contributed by atoms with E-state index in [1.54, 1.807) is 6.20 Å². The summed E-state index contributed by atoms with van der Waals surface area (Å²) in [5.74, 6) is 0.0736. The Morgan fingerprint density at radius 2 is 2.20 bits per heavy atom. The highest BCUT2D eigenvalue weighted by Gasteiger charge is 2.29. The average Bonchev–Trinajstić information content (AvgIpc) is 2.48. The molecule has 1 aromatic heterocycles. The lowest BCUT2D eigenvalue weighted by Gasteiger charge is -2.23. The summed E-state index contributed by atoms with van der Waals surface area (Å²) in [6.07, 6.45) is 4.76. The van der Waals surface area contributed by atoms with E-state index in [1.807, 2.05) is 24.3 Å². The van der Waals surface area contributed by atoms with Gasteiger partial charge in [0.1, 0.15) is 0 Å². The normalized spacial score (nSPS) is 17.6. The summed E-state index contributed by atoms with van der Waals surface area (Å²) in [4.78, 5) is 17.3. The lowest BCUT2D eigenvalue weighted by atomic mass is 9.82. The first-order chi connectivity index (χ1) is 9.66. The molecule has 0 bridgehead atoms. The van der Waals surface area contributed by atoms with Crippen molar-refractivity contribution < 1.29 is 4.79 Å². The number of hydrogen-bond donors (Lipinski definition) is 0. The summed E-state index contributed by atoms with van der Waals surface area (Å²) < 4.78 is 1.94. The molecule has 0 N–H and O–H groups in total. The van der Waals surface area contributed by atoms with Gasteiger partial charge in [0.05, 0.1) is 11.6 Å². The predicted molar refractivity (Wildman–Crippen MR) is 91.1 cm³/mol. The van der Waals surface area contributed by atoms with Crippen molar-refractivity contribution in [3.63, 3.8) is 0 Å². The monoisotopic (exact) mass is 441 g/mol. The van der Waals surface area contributed by atoms with Crippen molar-refractivity contribution in [2.24, 2.45) is 0 Å². The number of ketones is 1. The quantitative estimate of drug-likeness (QED) is 0.497. The van der Waals surface area contributed by atoms with Crippen LogP contribution in [0, 0.1) is 3.57 Å². The summed E-state index contributed by atoms with van der Waals surface area (Å²) in [7, 11) is 0. The van der Waals surface area contributed by atoms with Crippen molar-refractivity contribution in [1.82, 2.24) is 4.98 Å². The SMILES string of the molecule is O=C(c1cc(I)ccc1Br)C1CCCc2cccnc21. The van der Waals surface area contributed by atoms with E-state index in [-0.39, 0.29) is 11.7 Å². The van der Waals surface area contributed by atoms with Crippen LogP contribution in [0.1, 0.15) is 40.4 Å². The van der Waals surface area contributed by atoms with E-state index in [0.717, 1.165) is 38.6 Å². The molecule has 0 amide bonds. The van der Waals surface area contributed by atoms with Crippen LogP contribution in [0.25, 0.3) is 0 Å². The number of aryl methyl sites for hydroxylation is 1. The number of fused-ring (bicyclic) bond motifs is 1. The van der Waals surface area contributed by atoms with Crippen molar-refractivity contribution >= 4 is 44.3 Å². The van der Waals surface area contributed by atoms with Gasteiger partial charge in [-0.25, -0.2) is 0 Å². The van der Waals surface area contributed by atoms with E-state index < -0.39 is 0 Å². The molecular formula is C16H13BrINO. The molecular weight excluding hydrogens is 429 g/mol. The smallest absolute Gasteiger partial charge is 0.173 e. The molecule has 102 valence electrons. The topological polar surface area (TPSA) is 30.0 Å². The molecule has 2 aromatic rings. The first-order valence-electron chi connectivity index (χ1n) is 6.60. The Morgan fingerprint density at radius 1 is 1.35 bits per heavy atom. The number of hydrogen-bond acceptors (Lipinski definition) is 2. The zero-order valence-electron chi connectivity index (χ0n) is 10.8. The average molecular weight is 442 g/mol. The van der Waals surface area contributed by atoms with Crippen LogP contribution in [0.4, 0.5) is 0 Å². The van der Waals surface area contributed by atoms with Gasteiger partial charge in [-0.15, -0.1) is 0 Å². The van der Waals surface area contributed by atoms with Crippen LogP contribution >= 0.6 is 38.5 Å². The third kappa shape index (κ3) is 2.68. The van der Waals surface area contributed by atoms with E-state index in [9.17, 15) is 4.79 Å². The van der Waals surface area contributed by atoms with Crippen molar-refractivity contribution in [2.75, 3.05) is 0 Å². The number of halogens is 2. The Balaban J connectivity index is 2.02. The molecule has 1 aliphatic rings. The predicted octanol–water partition coefficient (Wildman–Crippen LogP) is 4.75. The number of nitrogens with zero attached hydrogens (tertiary/aromatic N) is 1. The summed E-state index contributed by atoms with van der Waals surface area (Å²) in [5.41, 5.74) is 2.95. The second-order valence-electron chi connectivity index (χ2n) is 4.98. The molecule has 4 heteroatoms. The van der Waals surface area contributed by atoms with Crippen molar-refractivity contribution in [1.29, 1.82) is 0 Å². The maximum Gasteiger partial charge on any atom is 0.173 e. The maximum absolute atomic E-state index is 12.9. The van der Waals surface area contributed by atoms with Crippen molar-refractivity contribution in [3.8, 4) is 0 Å². The first-order valence-corrected chi connectivity index (χ1v) is 8.47. The molecule has 0 saturated heterocycles. The summed E-state index contributed by atoms with van der Waals surface area (Å²) in [6.45, 7) is 0. The van der Waals surface area contributed by atoms with E-state index in [1.165, 1.54) is 5.56 Å². The van der Waals surface area contributed by atoms with Gasteiger partial charge in [-0.05, 0) is 71.7 Å². The summed E-state index contributed by atoms with van der Waals surface area (Å²) in [6, 6.07) is 9.93. The number of aromatic nitrogens is 1. The standard InChI is InChI=1S/C16H13BrINO/c17-14-7-6-11(18)9-13(14)16(20)12-5-1-3-10-4-2-8-19-15(10)12/h2,4,6-9,12H,1,3,5H2. The van der Waals surface area contributed by atoms with Crippen LogP contribution < -0.4 is 0 Å². The fourth-order valence-electron chi connectivity index (χ4n) is 2.74. The molecule has 0 fully saturated rings. The summed E-state index contributed by atoms with van der Waals surface area (Å²) in [5, 5.41) is 0. The Kier molecular flexibility index (Phi) is 4.21. The van der Waals surface area contributed by atoms with Gasteiger partial charge < -0.3 is 0 Å². The summed E-state index contributed by atoms with van der Waals surface area (Å²) >= 11 is 5.73. The van der Waals surface area contributed by atoms with Crippen LogP contribution in [-0.4, -0.2) is 10.8 Å². The minimum Gasteiger partial charge on any atom is -0.293 e. The second kappa shape index (κ2) is 5.93. The number of benzene rings is 1. The third-order valence-electron chi connectivity index (χ3n) is 3.71. The molecule has 1 heterocycles. The Hall–Kier alpha value is -0.750. The van der Waals surface area contributed by atoms with E-state index in [0.29, 0.717) is 0 Å². The van der Waals surface area contributed by atoms with Crippen molar-refractivity contribution in [3.05, 3.63) is 61.4 Å². The van der Waals surface area contributed by atoms with E-state index in [4.69, 9.17) is 0 Å². The van der Waals surface area contributed by atoms with Gasteiger partial charge >= 0.3 is 0 Å². The molecule has 1 aromatic carbocycles. The highest BCUT2D eigenvalue weighted by atomic mass is 127. The molecule has 20 heavy (non-hydrogen) atoms. The largest absolute Gasteiger partial charge is 0.293 e. The van der Waals surface area contributed by atoms with Gasteiger partial charge in [0.15, 0.2) is 5.78 Å². The Labute approximate surface area is 140 Å². The molecule has 1 aliphatic carbocycles. The Bertz CT molecular complexity index is 671. The van der Waals surface area contributed by atoms with Gasteiger partial charge in [-0.2, -0.15) is 0 Å². The third-order valence-corrected chi connectivity index (χ3v) is 5.07. The number of carbonyl (C=O) groups is 1. The van der Waals surface area contributed by atoms with Gasteiger partial charge in [0, 0.05) is 19.8 Å². The van der Waals surface area contributed by atoms with Crippen LogP contribution in [0.3, 0.4) is 0 Å². The molecule has 2 nitrogen and oxygen atoms in total. The van der Waals surface area contributed by atoms with Gasteiger partial charge in [-0.1, -0.05) is 22.0 Å². The molecule has 0 aliphatic heterocycles. The fourth-order valence-corrected chi connectivity index (χ4v) is 3.67. The lowest BCUT2D eigenvalue weighted by molar-refractivity contribution is 0.0948. The van der Waals surface area contributed by atoms with Crippen LogP contribution in [-0.2, 0) is 6.42 Å². The lowest BCUT2D eigenvalue weighted by Crippen LogP contribution is -2.20. The Morgan fingerprint density at radius 3 is 3.05 bits per heavy atom.